The molecule has 1 unspecified atom stereocenters. The van der Waals surface area contributed by atoms with Crippen molar-refractivity contribution in [2.75, 3.05) is 21.3 Å². The van der Waals surface area contributed by atoms with Crippen molar-refractivity contribution < 1.29 is 38.6 Å². The van der Waals surface area contributed by atoms with Crippen LogP contribution in [0.15, 0.2) is 12.1 Å². The third-order valence-electron chi connectivity index (χ3n) is 5.81. The zero-order valence-corrected chi connectivity index (χ0v) is 21.3. The molecule has 0 fully saturated rings. The topological polar surface area (TPSA) is 142 Å². The number of aliphatic carboxylic acids is 1. The molecule has 0 aliphatic rings. The van der Waals surface area contributed by atoms with E-state index in [1.54, 1.807) is 12.1 Å². The Morgan fingerprint density at radius 3 is 1.62 bits per heavy atom. The number of esters is 2. The quantitative estimate of drug-likeness (QED) is 0.242. The van der Waals surface area contributed by atoms with Crippen LogP contribution < -0.4 is 4.74 Å². The number of rotatable bonds is 9. The SMILES string of the molecule is COC(=O)C(CCC(C(=O)O)(c1c(C(C)(C)C)cc(OC)cc1C(C)(C)C)[N+](=O)[O-])C(=O)OC. The summed E-state index contributed by atoms with van der Waals surface area (Å²) in [6.07, 6.45) is -1.12. The molecule has 1 atom stereocenters. The molecule has 0 aliphatic heterocycles. The standard InChI is InChI=1S/C24H35NO9/c1-22(2,3)16-12-14(32-7)13-17(23(4,5)6)18(16)24(21(28)29,25(30)31)11-10-15(19(26)33-8)20(27)34-9/h12-13,15H,10-11H2,1-9H3,(H,28,29). The van der Waals surface area contributed by atoms with E-state index in [0.717, 1.165) is 14.2 Å². The van der Waals surface area contributed by atoms with Crippen molar-refractivity contribution in [2.45, 2.75) is 70.8 Å². The third-order valence-corrected chi connectivity index (χ3v) is 5.81. The molecule has 0 aromatic heterocycles. The van der Waals surface area contributed by atoms with Gasteiger partial charge < -0.3 is 19.3 Å². The largest absolute Gasteiger partial charge is 0.497 e. The van der Waals surface area contributed by atoms with Crippen molar-refractivity contribution in [3.05, 3.63) is 38.9 Å². The molecule has 0 saturated heterocycles. The summed E-state index contributed by atoms with van der Waals surface area (Å²) in [5.74, 6) is -4.70. The van der Waals surface area contributed by atoms with Crippen molar-refractivity contribution in [3.63, 3.8) is 0 Å². The van der Waals surface area contributed by atoms with Crippen LogP contribution in [-0.2, 0) is 40.2 Å². The second kappa shape index (κ2) is 10.4. The molecule has 0 saturated carbocycles. The van der Waals surface area contributed by atoms with Crippen LogP contribution in [-0.4, -0.2) is 49.3 Å². The number of benzene rings is 1. The van der Waals surface area contributed by atoms with Gasteiger partial charge in [-0.25, -0.2) is 4.79 Å². The number of carbonyl (C=O) groups is 3. The lowest BCUT2D eigenvalue weighted by atomic mass is 9.68. The molecule has 0 aliphatic carbocycles. The average molecular weight is 482 g/mol. The zero-order valence-electron chi connectivity index (χ0n) is 21.3. The van der Waals surface area contributed by atoms with E-state index < -0.39 is 58.0 Å². The van der Waals surface area contributed by atoms with Gasteiger partial charge in [0, 0.05) is 16.9 Å². The lowest BCUT2D eigenvalue weighted by Crippen LogP contribution is -2.47. The summed E-state index contributed by atoms with van der Waals surface area (Å²) in [6.45, 7) is 10.9. The van der Waals surface area contributed by atoms with Gasteiger partial charge >= 0.3 is 23.4 Å². The Balaban J connectivity index is 4.07. The smallest absolute Gasteiger partial charge is 0.387 e. The highest BCUT2D eigenvalue weighted by atomic mass is 16.6. The van der Waals surface area contributed by atoms with Crippen molar-refractivity contribution in [1.82, 2.24) is 0 Å². The minimum Gasteiger partial charge on any atom is -0.497 e. The number of carboxylic acids is 1. The highest BCUT2D eigenvalue weighted by Crippen LogP contribution is 2.46. The minimum absolute atomic E-state index is 0.0132. The van der Waals surface area contributed by atoms with Crippen molar-refractivity contribution in [1.29, 1.82) is 0 Å². The summed E-state index contributed by atoms with van der Waals surface area (Å²) >= 11 is 0. The second-order valence-corrected chi connectivity index (χ2v) is 10.2. The number of methoxy groups -OCH3 is 3. The Kier molecular flexibility index (Phi) is 8.83. The Morgan fingerprint density at radius 2 is 1.35 bits per heavy atom. The first-order chi connectivity index (χ1) is 15.5. The second-order valence-electron chi connectivity index (χ2n) is 10.2. The number of nitrogens with zero attached hydrogens (tertiary/aromatic N) is 1. The van der Waals surface area contributed by atoms with E-state index >= 15 is 0 Å². The van der Waals surface area contributed by atoms with Gasteiger partial charge in [-0.2, -0.15) is 0 Å². The highest BCUT2D eigenvalue weighted by Gasteiger charge is 2.57. The van der Waals surface area contributed by atoms with E-state index in [0.29, 0.717) is 16.9 Å². The van der Waals surface area contributed by atoms with Gasteiger partial charge in [0.15, 0.2) is 5.92 Å². The summed E-state index contributed by atoms with van der Waals surface area (Å²) in [5.41, 5.74) is -3.21. The Morgan fingerprint density at radius 1 is 0.941 bits per heavy atom. The van der Waals surface area contributed by atoms with E-state index in [-0.39, 0.29) is 5.56 Å². The normalized spacial score (nSPS) is 13.7. The van der Waals surface area contributed by atoms with Gasteiger partial charge in [-0.15, -0.1) is 0 Å². The van der Waals surface area contributed by atoms with Crippen LogP contribution in [0.5, 0.6) is 5.75 Å². The average Bonchev–Trinajstić information content (AvgIpc) is 2.73. The van der Waals surface area contributed by atoms with E-state index in [2.05, 4.69) is 9.47 Å². The van der Waals surface area contributed by atoms with Gasteiger partial charge in [0.25, 0.3) is 0 Å². The zero-order chi connectivity index (χ0) is 26.6. The van der Waals surface area contributed by atoms with Crippen molar-refractivity contribution >= 4 is 17.9 Å². The fourth-order valence-electron chi connectivity index (χ4n) is 3.93. The number of ether oxygens (including phenoxy) is 3. The molecule has 10 nitrogen and oxygen atoms in total. The van der Waals surface area contributed by atoms with Crippen LogP contribution >= 0.6 is 0 Å². The van der Waals surface area contributed by atoms with Crippen molar-refractivity contribution in [2.24, 2.45) is 5.92 Å². The fourth-order valence-corrected chi connectivity index (χ4v) is 3.93. The molecular formula is C24H35NO9. The van der Waals surface area contributed by atoms with Gasteiger partial charge in [0.2, 0.25) is 0 Å². The third kappa shape index (κ3) is 5.66. The first-order valence-electron chi connectivity index (χ1n) is 10.8. The van der Waals surface area contributed by atoms with E-state index in [1.165, 1.54) is 7.11 Å². The number of hydrogen-bond donors (Lipinski definition) is 1. The number of hydrogen-bond acceptors (Lipinski definition) is 8. The molecule has 0 bridgehead atoms. The predicted molar refractivity (Wildman–Crippen MR) is 123 cm³/mol. The Bertz CT molecular complexity index is 889. The first-order valence-corrected chi connectivity index (χ1v) is 10.8. The van der Waals surface area contributed by atoms with Gasteiger partial charge in [0.1, 0.15) is 5.75 Å². The summed E-state index contributed by atoms with van der Waals surface area (Å²) in [5, 5.41) is 23.0. The highest BCUT2D eigenvalue weighted by molar-refractivity contribution is 5.95. The molecule has 0 radical (unpaired) electrons. The lowest BCUT2D eigenvalue weighted by Gasteiger charge is -2.35. The lowest BCUT2D eigenvalue weighted by molar-refractivity contribution is -0.565. The molecule has 10 heteroatoms. The molecule has 0 heterocycles. The van der Waals surface area contributed by atoms with Crippen LogP contribution in [0.4, 0.5) is 0 Å². The predicted octanol–water partition coefficient (Wildman–Crippen LogP) is 3.59. The minimum atomic E-state index is -2.65. The Labute approximate surface area is 199 Å². The van der Waals surface area contributed by atoms with Crippen molar-refractivity contribution in [3.8, 4) is 5.75 Å². The van der Waals surface area contributed by atoms with Gasteiger partial charge in [-0.1, -0.05) is 41.5 Å². The van der Waals surface area contributed by atoms with Crippen LogP contribution in [0.2, 0.25) is 0 Å². The molecule has 1 aromatic carbocycles. The van der Waals surface area contributed by atoms with E-state index in [4.69, 9.17) is 4.74 Å². The molecular weight excluding hydrogens is 446 g/mol. The molecule has 1 aromatic rings. The maximum atomic E-state index is 12.8. The van der Waals surface area contributed by atoms with Crippen LogP contribution in [0, 0.1) is 16.0 Å². The first kappa shape index (κ1) is 28.9. The molecule has 1 rings (SSSR count). The summed E-state index contributed by atoms with van der Waals surface area (Å²) in [7, 11) is 3.59. The van der Waals surface area contributed by atoms with Gasteiger partial charge in [-0.3, -0.25) is 19.7 Å². The summed E-state index contributed by atoms with van der Waals surface area (Å²) in [4.78, 5) is 48.9. The maximum absolute atomic E-state index is 12.8. The van der Waals surface area contributed by atoms with Crippen LogP contribution in [0.1, 0.15) is 71.1 Å². The summed E-state index contributed by atoms with van der Waals surface area (Å²) in [6, 6.07) is 3.20. The van der Waals surface area contributed by atoms with Crippen LogP contribution in [0.3, 0.4) is 0 Å². The van der Waals surface area contributed by atoms with Gasteiger partial charge in [-0.05, 0) is 40.5 Å². The molecule has 190 valence electrons. The Hall–Kier alpha value is -3.17. The number of carbonyl (C=O) groups excluding carboxylic acids is 2. The number of nitro groups is 1. The van der Waals surface area contributed by atoms with Crippen LogP contribution in [0.25, 0.3) is 0 Å². The monoisotopic (exact) mass is 481 g/mol. The van der Waals surface area contributed by atoms with E-state index in [9.17, 15) is 29.6 Å². The molecule has 34 heavy (non-hydrogen) atoms. The molecule has 1 N–H and O–H groups in total. The van der Waals surface area contributed by atoms with E-state index in [1.807, 2.05) is 41.5 Å². The number of carboxylic acid groups (broad SMARTS) is 1. The van der Waals surface area contributed by atoms with Gasteiger partial charge in [0.05, 0.1) is 21.3 Å². The molecule has 0 amide bonds. The maximum Gasteiger partial charge on any atom is 0.387 e. The summed E-state index contributed by atoms with van der Waals surface area (Å²) < 4.78 is 14.7. The molecule has 0 spiro atoms. The fraction of sp³-hybridized carbons (Fsp3) is 0.625.